The summed E-state index contributed by atoms with van der Waals surface area (Å²) in [6, 6.07) is 12.8. The molecule has 7 heteroatoms. The molecule has 7 nitrogen and oxygen atoms in total. The summed E-state index contributed by atoms with van der Waals surface area (Å²) < 4.78 is 12.3. The Hall–Kier alpha value is -3.35. The minimum absolute atomic E-state index is 0.0905. The molecule has 0 atom stereocenters. The summed E-state index contributed by atoms with van der Waals surface area (Å²) in [6.07, 6.45) is 1.55. The van der Waals surface area contributed by atoms with Gasteiger partial charge in [-0.25, -0.2) is 0 Å². The number of ether oxygens (including phenoxy) is 2. The van der Waals surface area contributed by atoms with E-state index in [1.54, 1.807) is 10.7 Å². The molecule has 0 fully saturated rings. The number of hydrogen-bond acceptors (Lipinski definition) is 5. The smallest absolute Gasteiger partial charge is 0.231 e. The van der Waals surface area contributed by atoms with E-state index < -0.39 is 0 Å². The van der Waals surface area contributed by atoms with E-state index in [4.69, 9.17) is 9.47 Å². The van der Waals surface area contributed by atoms with Gasteiger partial charge in [0.1, 0.15) is 0 Å². The Bertz CT molecular complexity index is 1030. The first-order valence-electron chi connectivity index (χ1n) is 8.31. The molecule has 0 unspecified atom stereocenters. The molecule has 2 heterocycles. The number of benzene rings is 2. The van der Waals surface area contributed by atoms with Gasteiger partial charge in [-0.2, -0.15) is 5.10 Å². The van der Waals surface area contributed by atoms with Crippen molar-refractivity contribution in [3.05, 3.63) is 64.4 Å². The SMILES string of the molecule is O=C(CCn1ncc(=O)c2ccccc21)NCc1ccc2c(c1)OCO2. The van der Waals surface area contributed by atoms with E-state index in [1.165, 1.54) is 6.20 Å². The van der Waals surface area contributed by atoms with Crippen molar-refractivity contribution in [2.75, 3.05) is 6.79 Å². The molecule has 1 aromatic heterocycles. The Morgan fingerprint density at radius 1 is 1.15 bits per heavy atom. The lowest BCUT2D eigenvalue weighted by Gasteiger charge is -2.10. The van der Waals surface area contributed by atoms with Gasteiger partial charge >= 0.3 is 0 Å². The van der Waals surface area contributed by atoms with Crippen LogP contribution in [0.2, 0.25) is 0 Å². The van der Waals surface area contributed by atoms with E-state index in [0.29, 0.717) is 24.2 Å². The molecule has 132 valence electrons. The number of nitrogens with one attached hydrogen (secondary N) is 1. The molecule has 1 aliphatic rings. The first kappa shape index (κ1) is 16.1. The van der Waals surface area contributed by atoms with Crippen molar-refractivity contribution in [1.82, 2.24) is 15.1 Å². The highest BCUT2D eigenvalue weighted by molar-refractivity contribution is 5.79. The second-order valence-electron chi connectivity index (χ2n) is 5.96. The largest absolute Gasteiger partial charge is 0.454 e. The summed E-state index contributed by atoms with van der Waals surface area (Å²) >= 11 is 0. The van der Waals surface area contributed by atoms with Gasteiger partial charge in [-0.1, -0.05) is 18.2 Å². The van der Waals surface area contributed by atoms with Gasteiger partial charge in [-0.15, -0.1) is 0 Å². The standard InChI is InChI=1S/C19H17N3O4/c23-16-11-21-22(15-4-2-1-3-14(15)16)8-7-19(24)20-10-13-5-6-17-18(9-13)26-12-25-17/h1-6,9,11H,7-8,10,12H2,(H,20,24). The number of aryl methyl sites for hydroxylation is 1. The van der Waals surface area contributed by atoms with Gasteiger partial charge in [0, 0.05) is 18.4 Å². The number of amides is 1. The van der Waals surface area contributed by atoms with Crippen molar-refractivity contribution >= 4 is 16.8 Å². The Balaban J connectivity index is 1.37. The molecule has 3 aromatic rings. The summed E-state index contributed by atoms with van der Waals surface area (Å²) in [6.45, 7) is 1.03. The van der Waals surface area contributed by atoms with Crippen molar-refractivity contribution in [3.63, 3.8) is 0 Å². The van der Waals surface area contributed by atoms with Crippen molar-refractivity contribution in [1.29, 1.82) is 0 Å². The highest BCUT2D eigenvalue weighted by atomic mass is 16.7. The normalized spacial score (nSPS) is 12.3. The van der Waals surface area contributed by atoms with Crippen LogP contribution >= 0.6 is 0 Å². The lowest BCUT2D eigenvalue weighted by Crippen LogP contribution is -2.24. The molecule has 1 amide bonds. The Labute approximate surface area is 149 Å². The second kappa shape index (κ2) is 6.87. The van der Waals surface area contributed by atoms with Crippen molar-refractivity contribution < 1.29 is 14.3 Å². The van der Waals surface area contributed by atoms with Gasteiger partial charge < -0.3 is 14.8 Å². The number of fused-ring (bicyclic) bond motifs is 2. The van der Waals surface area contributed by atoms with Crippen LogP contribution in [0.3, 0.4) is 0 Å². The average Bonchev–Trinajstić information content (AvgIpc) is 3.14. The van der Waals surface area contributed by atoms with Crippen LogP contribution in [0.1, 0.15) is 12.0 Å². The van der Waals surface area contributed by atoms with Crippen LogP contribution in [0.5, 0.6) is 11.5 Å². The van der Waals surface area contributed by atoms with Crippen molar-refractivity contribution in [2.45, 2.75) is 19.5 Å². The molecule has 0 saturated carbocycles. The van der Waals surface area contributed by atoms with Crippen LogP contribution in [0.25, 0.3) is 10.9 Å². The summed E-state index contributed by atoms with van der Waals surface area (Å²) in [5.41, 5.74) is 1.54. The number of aromatic nitrogens is 2. The predicted octanol–water partition coefficient (Wildman–Crippen LogP) is 1.83. The van der Waals surface area contributed by atoms with E-state index >= 15 is 0 Å². The van der Waals surface area contributed by atoms with Crippen LogP contribution < -0.4 is 20.2 Å². The first-order chi connectivity index (χ1) is 12.7. The van der Waals surface area contributed by atoms with Gasteiger partial charge in [0.15, 0.2) is 11.5 Å². The fourth-order valence-electron chi connectivity index (χ4n) is 2.89. The van der Waals surface area contributed by atoms with Gasteiger partial charge in [0.25, 0.3) is 0 Å². The minimum Gasteiger partial charge on any atom is -0.454 e. The number of para-hydroxylation sites is 1. The number of hydrogen-bond donors (Lipinski definition) is 1. The third kappa shape index (κ3) is 3.23. The maximum atomic E-state index is 12.2. The lowest BCUT2D eigenvalue weighted by atomic mass is 10.2. The monoisotopic (exact) mass is 351 g/mol. The van der Waals surface area contributed by atoms with Crippen molar-refractivity contribution in [2.24, 2.45) is 0 Å². The summed E-state index contributed by atoms with van der Waals surface area (Å²) in [4.78, 5) is 24.0. The third-order valence-electron chi connectivity index (χ3n) is 4.24. The van der Waals surface area contributed by atoms with Crippen LogP contribution in [0.4, 0.5) is 0 Å². The number of nitrogens with zero attached hydrogens (tertiary/aromatic N) is 2. The Morgan fingerprint density at radius 2 is 2.00 bits per heavy atom. The van der Waals surface area contributed by atoms with Crippen molar-refractivity contribution in [3.8, 4) is 11.5 Å². The first-order valence-corrected chi connectivity index (χ1v) is 8.31. The Morgan fingerprint density at radius 3 is 2.92 bits per heavy atom. The fourth-order valence-corrected chi connectivity index (χ4v) is 2.89. The maximum Gasteiger partial charge on any atom is 0.231 e. The quantitative estimate of drug-likeness (QED) is 0.758. The molecule has 4 rings (SSSR count). The zero-order valence-corrected chi connectivity index (χ0v) is 14.0. The highest BCUT2D eigenvalue weighted by Crippen LogP contribution is 2.32. The molecule has 0 radical (unpaired) electrons. The molecule has 0 spiro atoms. The molecular formula is C19H17N3O4. The average molecular weight is 351 g/mol. The molecule has 2 aromatic carbocycles. The molecule has 0 saturated heterocycles. The van der Waals surface area contributed by atoms with Crippen LogP contribution in [0, 0.1) is 0 Å². The Kier molecular flexibility index (Phi) is 4.27. The molecule has 26 heavy (non-hydrogen) atoms. The summed E-state index contributed by atoms with van der Waals surface area (Å²) in [7, 11) is 0. The van der Waals surface area contributed by atoms with Gasteiger partial charge in [-0.05, 0) is 29.8 Å². The number of carbonyl (C=O) groups is 1. The second-order valence-corrected chi connectivity index (χ2v) is 5.96. The predicted molar refractivity (Wildman–Crippen MR) is 95.0 cm³/mol. The van der Waals surface area contributed by atoms with E-state index in [9.17, 15) is 9.59 Å². The van der Waals surface area contributed by atoms with Crippen LogP contribution in [0.15, 0.2) is 53.5 Å². The lowest BCUT2D eigenvalue weighted by molar-refractivity contribution is -0.121. The van der Waals surface area contributed by atoms with Crippen LogP contribution in [-0.4, -0.2) is 22.5 Å². The van der Waals surface area contributed by atoms with E-state index in [-0.39, 0.29) is 24.5 Å². The van der Waals surface area contributed by atoms with E-state index in [0.717, 1.165) is 16.8 Å². The maximum absolute atomic E-state index is 12.2. The molecule has 1 aliphatic heterocycles. The number of rotatable bonds is 5. The van der Waals surface area contributed by atoms with Gasteiger partial charge in [0.2, 0.25) is 18.1 Å². The third-order valence-corrected chi connectivity index (χ3v) is 4.24. The summed E-state index contributed by atoms with van der Waals surface area (Å²) in [5.74, 6) is 1.32. The van der Waals surface area contributed by atoms with Gasteiger partial charge in [0.05, 0.1) is 18.3 Å². The molecular weight excluding hydrogens is 334 g/mol. The highest BCUT2D eigenvalue weighted by Gasteiger charge is 2.13. The number of carbonyl (C=O) groups excluding carboxylic acids is 1. The van der Waals surface area contributed by atoms with E-state index in [1.807, 2.05) is 36.4 Å². The molecule has 0 aliphatic carbocycles. The zero-order chi connectivity index (χ0) is 17.9. The van der Waals surface area contributed by atoms with E-state index in [2.05, 4.69) is 10.4 Å². The molecule has 0 bridgehead atoms. The minimum atomic E-state index is -0.121. The fraction of sp³-hybridized carbons (Fsp3) is 0.211. The summed E-state index contributed by atoms with van der Waals surface area (Å²) in [5, 5.41) is 7.61. The zero-order valence-electron chi connectivity index (χ0n) is 14.0. The van der Waals surface area contributed by atoms with Crippen LogP contribution in [-0.2, 0) is 17.9 Å². The molecule has 1 N–H and O–H groups in total. The van der Waals surface area contributed by atoms with Gasteiger partial charge in [-0.3, -0.25) is 14.3 Å². The topological polar surface area (TPSA) is 82.5 Å².